The molecule has 0 unspecified atom stereocenters. The fourth-order valence-corrected chi connectivity index (χ4v) is 0.287. The topological polar surface area (TPSA) is 18.5 Å². The van der Waals surface area contributed by atoms with Gasteiger partial charge in [0.2, 0.25) is 7.37 Å². The molecule has 0 aromatic heterocycles. The highest BCUT2D eigenvalue weighted by molar-refractivity contribution is 6.85. The van der Waals surface area contributed by atoms with Crippen LogP contribution in [0.25, 0.3) is 0 Å². The molecule has 0 aliphatic carbocycles. The molecule has 0 spiro atoms. The van der Waals surface area contributed by atoms with Gasteiger partial charge < -0.3 is 9.39 Å². The van der Waals surface area contributed by atoms with Gasteiger partial charge in [0, 0.05) is 7.11 Å². The smallest absolute Gasteiger partial charge is 0.230 e. The molecule has 4 heteroatoms. The molecule has 0 N–H and O–H groups in total. The molecule has 0 aromatic rings. The molecule has 0 fully saturated rings. The van der Waals surface area contributed by atoms with E-state index in [2.05, 4.69) is 0 Å². The number of hydrogen-bond donors (Lipinski definition) is 0. The van der Waals surface area contributed by atoms with Crippen molar-refractivity contribution in [2.24, 2.45) is 0 Å². The minimum atomic E-state index is 0.702. The molecule has 7 heavy (non-hydrogen) atoms. The lowest BCUT2D eigenvalue weighted by Gasteiger charge is -1.95. The first-order chi connectivity index (χ1) is 3.41. The van der Waals surface area contributed by atoms with Crippen molar-refractivity contribution in [2.45, 2.75) is 0 Å². The summed E-state index contributed by atoms with van der Waals surface area (Å²) in [5, 5.41) is 0. The van der Waals surface area contributed by atoms with Crippen LogP contribution in [0.15, 0.2) is 0 Å². The molecule has 0 rings (SSSR count). The van der Waals surface area contributed by atoms with Gasteiger partial charge in [-0.2, -0.15) is 0 Å². The van der Waals surface area contributed by atoms with E-state index in [0.29, 0.717) is 13.2 Å². The fraction of sp³-hybridized carbons (Fsp3) is 1.00. The summed E-state index contributed by atoms with van der Waals surface area (Å²) in [7, 11) is 4.41. The summed E-state index contributed by atoms with van der Waals surface area (Å²) < 4.78 is 9.67. The Bertz CT molecular complexity index is 30.1. The Balaban J connectivity index is 2.45. The standard InChI is InChI=1S/C3H10B2O2/c1-6-2-3-7-5-4/h5H,2-4H2,1H3. The van der Waals surface area contributed by atoms with Gasteiger partial charge in [-0.1, -0.05) is 0 Å². The molecule has 40 valence electrons. The second-order valence-corrected chi connectivity index (χ2v) is 1.19. The summed E-state index contributed by atoms with van der Waals surface area (Å²) in [4.78, 5) is 0. The van der Waals surface area contributed by atoms with Crippen LogP contribution in [0.1, 0.15) is 0 Å². The summed E-state index contributed by atoms with van der Waals surface area (Å²) in [6.45, 7) is 1.42. The minimum Gasteiger partial charge on any atom is -0.447 e. The maximum absolute atomic E-state index is 4.95. The monoisotopic (exact) mass is 100 g/mol. The molecule has 0 aliphatic heterocycles. The van der Waals surface area contributed by atoms with E-state index in [1.165, 1.54) is 0 Å². The van der Waals surface area contributed by atoms with E-state index in [0.717, 1.165) is 7.37 Å². The van der Waals surface area contributed by atoms with E-state index in [1.807, 2.05) is 7.74 Å². The molecule has 2 nitrogen and oxygen atoms in total. The largest absolute Gasteiger partial charge is 0.447 e. The number of methoxy groups -OCH3 is 1. The predicted octanol–water partition coefficient (Wildman–Crippen LogP) is -1.45. The first kappa shape index (κ1) is 7.05. The zero-order valence-electron chi connectivity index (χ0n) is 4.94. The Morgan fingerprint density at radius 2 is 2.29 bits per heavy atom. The lowest BCUT2D eigenvalue weighted by Crippen LogP contribution is -2.04. The van der Waals surface area contributed by atoms with Gasteiger partial charge in [0.15, 0.2) is 0 Å². The highest BCUT2D eigenvalue weighted by atomic mass is 16.5. The molecule has 0 aromatic carbocycles. The van der Waals surface area contributed by atoms with Crippen molar-refractivity contribution in [3.63, 3.8) is 0 Å². The normalized spacial score (nSPS) is 8.71. The van der Waals surface area contributed by atoms with Gasteiger partial charge in [-0.15, -0.1) is 0 Å². The molecule has 0 atom stereocenters. The first-order valence-electron chi connectivity index (χ1n) is 2.48. The third-order valence-electron chi connectivity index (χ3n) is 0.636. The number of rotatable bonds is 4. The van der Waals surface area contributed by atoms with Crippen molar-refractivity contribution in [1.29, 1.82) is 0 Å². The lowest BCUT2D eigenvalue weighted by atomic mass is 9.72. The summed E-state index contributed by atoms with van der Waals surface area (Å²) in [6, 6.07) is 0. The zero-order chi connectivity index (χ0) is 5.54. The van der Waals surface area contributed by atoms with Gasteiger partial charge in [-0.3, -0.25) is 0 Å². The van der Waals surface area contributed by atoms with Crippen molar-refractivity contribution in [3.05, 3.63) is 0 Å². The maximum Gasteiger partial charge on any atom is 0.230 e. The first-order valence-corrected chi connectivity index (χ1v) is 2.48. The van der Waals surface area contributed by atoms with Gasteiger partial charge >= 0.3 is 0 Å². The van der Waals surface area contributed by atoms with Crippen LogP contribution >= 0.6 is 0 Å². The summed E-state index contributed by atoms with van der Waals surface area (Å²) in [5.41, 5.74) is 0. The lowest BCUT2D eigenvalue weighted by molar-refractivity contribution is 0.151. The van der Waals surface area contributed by atoms with Crippen molar-refractivity contribution in [2.75, 3.05) is 20.3 Å². The Labute approximate surface area is 45.9 Å². The molecule has 0 saturated carbocycles. The number of ether oxygens (including phenoxy) is 1. The van der Waals surface area contributed by atoms with Crippen molar-refractivity contribution < 1.29 is 9.39 Å². The molecule has 0 radical (unpaired) electrons. The van der Waals surface area contributed by atoms with Crippen LogP contribution in [-0.2, 0) is 9.39 Å². The van der Waals surface area contributed by atoms with Gasteiger partial charge in [0.05, 0.1) is 13.2 Å². The maximum atomic E-state index is 4.95. The average Bonchev–Trinajstić information content (AvgIpc) is 1.69. The third-order valence-corrected chi connectivity index (χ3v) is 0.636. The van der Waals surface area contributed by atoms with Crippen molar-refractivity contribution in [3.8, 4) is 0 Å². The van der Waals surface area contributed by atoms with Crippen LogP contribution in [0.5, 0.6) is 0 Å². The van der Waals surface area contributed by atoms with Crippen LogP contribution in [0, 0.1) is 0 Å². The second-order valence-electron chi connectivity index (χ2n) is 1.19. The third kappa shape index (κ3) is 6.05. The Morgan fingerprint density at radius 3 is 2.71 bits per heavy atom. The molecular formula is C3H10B2O2. The van der Waals surface area contributed by atoms with Crippen molar-refractivity contribution >= 4 is 15.1 Å². The highest BCUT2D eigenvalue weighted by Crippen LogP contribution is 1.67. The highest BCUT2D eigenvalue weighted by Gasteiger charge is 1.79. The Kier molecular flexibility index (Phi) is 6.09. The molecule has 0 aliphatic rings. The molecular weight excluding hydrogens is 89.7 g/mol. The van der Waals surface area contributed by atoms with E-state index < -0.39 is 0 Å². The Hall–Kier alpha value is 0.0499. The van der Waals surface area contributed by atoms with E-state index in [1.54, 1.807) is 7.11 Å². The van der Waals surface area contributed by atoms with Crippen LogP contribution in [0.2, 0.25) is 0 Å². The van der Waals surface area contributed by atoms with E-state index in [9.17, 15) is 0 Å². The minimum absolute atomic E-state index is 0.702. The SMILES string of the molecule is BBOCCOC. The van der Waals surface area contributed by atoms with Crippen molar-refractivity contribution in [1.82, 2.24) is 0 Å². The van der Waals surface area contributed by atoms with Gasteiger partial charge in [0.1, 0.15) is 7.74 Å². The molecule has 0 amide bonds. The Morgan fingerprint density at radius 1 is 1.57 bits per heavy atom. The van der Waals surface area contributed by atoms with Gasteiger partial charge in [-0.05, 0) is 0 Å². The summed E-state index contributed by atoms with van der Waals surface area (Å²) >= 11 is 0. The van der Waals surface area contributed by atoms with E-state index in [4.69, 9.17) is 9.39 Å². The second kappa shape index (κ2) is 6.05. The molecule has 0 heterocycles. The number of hydrogen-bond acceptors (Lipinski definition) is 2. The quantitative estimate of drug-likeness (QED) is 0.317. The van der Waals surface area contributed by atoms with Crippen LogP contribution in [0.4, 0.5) is 0 Å². The van der Waals surface area contributed by atoms with E-state index >= 15 is 0 Å². The van der Waals surface area contributed by atoms with Gasteiger partial charge in [-0.25, -0.2) is 0 Å². The fourth-order valence-electron chi connectivity index (χ4n) is 0.287. The molecule has 0 bridgehead atoms. The predicted molar refractivity (Wildman–Crippen MR) is 33.5 cm³/mol. The van der Waals surface area contributed by atoms with Crippen LogP contribution < -0.4 is 0 Å². The summed E-state index contributed by atoms with van der Waals surface area (Å²) in [6.07, 6.45) is 0. The van der Waals surface area contributed by atoms with Gasteiger partial charge in [0.25, 0.3) is 0 Å². The molecule has 0 saturated heterocycles. The zero-order valence-corrected chi connectivity index (χ0v) is 4.94. The average molecular weight is 99.7 g/mol. The summed E-state index contributed by atoms with van der Waals surface area (Å²) in [5.74, 6) is 0. The van der Waals surface area contributed by atoms with Crippen LogP contribution in [-0.4, -0.2) is 35.4 Å². The van der Waals surface area contributed by atoms with Crippen LogP contribution in [0.3, 0.4) is 0 Å². The van der Waals surface area contributed by atoms with E-state index in [-0.39, 0.29) is 0 Å².